The smallest absolute Gasteiger partial charge is 0.164 e. The molecule has 1 aliphatic rings. The van der Waals surface area contributed by atoms with Gasteiger partial charge < -0.3 is 9.47 Å². The topological polar surface area (TPSA) is 46.8 Å². The van der Waals surface area contributed by atoms with Crippen molar-refractivity contribution in [1.82, 2.24) is 19.5 Å². The van der Waals surface area contributed by atoms with Crippen LogP contribution in [-0.4, -0.2) is 19.5 Å². The first-order valence-corrected chi connectivity index (χ1v) is 26.3. The van der Waals surface area contributed by atoms with E-state index in [2.05, 4.69) is 278 Å². The highest BCUT2D eigenvalue weighted by molar-refractivity contribution is 6.11. The largest absolute Gasteiger partial charge is 0.310 e. The van der Waals surface area contributed by atoms with Gasteiger partial charge in [0.1, 0.15) is 0 Å². The quantitative estimate of drug-likeness (QED) is 0.137. The van der Waals surface area contributed by atoms with Gasteiger partial charge in [-0.05, 0) is 117 Å². The Balaban J connectivity index is 0.881. The number of fused-ring (bicyclic) bond motifs is 6. The van der Waals surface area contributed by atoms with Crippen LogP contribution in [0.2, 0.25) is 0 Å². The lowest BCUT2D eigenvalue weighted by atomic mass is 9.82. The van der Waals surface area contributed by atoms with Gasteiger partial charge in [0.2, 0.25) is 0 Å². The van der Waals surface area contributed by atoms with Crippen molar-refractivity contribution in [3.63, 3.8) is 0 Å². The third-order valence-electron chi connectivity index (χ3n) is 15.4. The van der Waals surface area contributed by atoms with E-state index < -0.39 is 0 Å². The molecule has 1 aliphatic carbocycles. The van der Waals surface area contributed by atoms with Crippen LogP contribution < -0.4 is 4.90 Å². The Kier molecular flexibility index (Phi) is 11.1. The van der Waals surface area contributed by atoms with Crippen molar-refractivity contribution in [3.8, 4) is 84.4 Å². The third kappa shape index (κ3) is 8.08. The molecule has 0 fully saturated rings. The van der Waals surface area contributed by atoms with E-state index in [4.69, 9.17) is 15.0 Å². The lowest BCUT2D eigenvalue weighted by Gasteiger charge is -2.28. The second-order valence-electron chi connectivity index (χ2n) is 20.4. The zero-order chi connectivity index (χ0) is 51.5. The molecule has 13 aromatic rings. The Morgan fingerprint density at radius 3 is 1.44 bits per heavy atom. The van der Waals surface area contributed by atoms with Crippen LogP contribution in [0.5, 0.6) is 0 Å². The van der Waals surface area contributed by atoms with Gasteiger partial charge in [-0.1, -0.05) is 220 Å². The number of hydrogen-bond acceptors (Lipinski definition) is 4. The average molecular weight is 986 g/mol. The molecule has 11 aromatic carbocycles. The predicted octanol–water partition coefficient (Wildman–Crippen LogP) is 18.7. The monoisotopic (exact) mass is 985 g/mol. The summed E-state index contributed by atoms with van der Waals surface area (Å²) in [5.41, 5.74) is 21.2. The summed E-state index contributed by atoms with van der Waals surface area (Å²) in [5, 5.41) is 2.45. The maximum atomic E-state index is 5.35. The first kappa shape index (κ1) is 45.6. The molecule has 77 heavy (non-hydrogen) atoms. The highest BCUT2D eigenvalue weighted by Gasteiger charge is 2.36. The van der Waals surface area contributed by atoms with E-state index in [-0.39, 0.29) is 5.41 Å². The van der Waals surface area contributed by atoms with Crippen molar-refractivity contribution in [2.45, 2.75) is 19.3 Å². The molecule has 5 heteroatoms. The Morgan fingerprint density at radius 2 is 0.792 bits per heavy atom. The van der Waals surface area contributed by atoms with E-state index in [9.17, 15) is 0 Å². The molecule has 0 saturated carbocycles. The summed E-state index contributed by atoms with van der Waals surface area (Å²) in [5.74, 6) is 1.81. The van der Waals surface area contributed by atoms with Crippen LogP contribution in [0.15, 0.2) is 273 Å². The molecule has 5 nitrogen and oxygen atoms in total. The normalized spacial score (nSPS) is 12.4. The van der Waals surface area contributed by atoms with Crippen LogP contribution in [0.25, 0.3) is 106 Å². The van der Waals surface area contributed by atoms with Crippen LogP contribution in [-0.2, 0) is 5.41 Å². The van der Waals surface area contributed by atoms with Crippen molar-refractivity contribution in [3.05, 3.63) is 284 Å². The second kappa shape index (κ2) is 18.8. The van der Waals surface area contributed by atoms with Crippen molar-refractivity contribution in [2.75, 3.05) is 4.90 Å². The molecule has 0 saturated heterocycles. The molecule has 0 bridgehead atoms. The summed E-state index contributed by atoms with van der Waals surface area (Å²) in [6.07, 6.45) is 0. The molecular weight excluding hydrogens is 935 g/mol. The van der Waals surface area contributed by atoms with E-state index >= 15 is 0 Å². The first-order valence-electron chi connectivity index (χ1n) is 26.3. The lowest BCUT2D eigenvalue weighted by molar-refractivity contribution is 0.661. The Labute approximate surface area is 448 Å². The van der Waals surface area contributed by atoms with Crippen molar-refractivity contribution >= 4 is 38.9 Å². The molecule has 364 valence electrons. The van der Waals surface area contributed by atoms with E-state index in [1.807, 2.05) is 18.2 Å². The minimum absolute atomic E-state index is 0.138. The Bertz CT molecular complexity index is 4250. The molecule has 0 amide bonds. The van der Waals surface area contributed by atoms with Gasteiger partial charge in [-0.25, -0.2) is 15.0 Å². The number of anilines is 3. The van der Waals surface area contributed by atoms with Crippen LogP contribution >= 0.6 is 0 Å². The van der Waals surface area contributed by atoms with Crippen LogP contribution in [0, 0.1) is 0 Å². The van der Waals surface area contributed by atoms with Gasteiger partial charge in [-0.3, -0.25) is 0 Å². The van der Waals surface area contributed by atoms with E-state index in [0.29, 0.717) is 17.5 Å². The van der Waals surface area contributed by atoms with E-state index in [0.717, 1.165) is 56.1 Å². The summed E-state index contributed by atoms with van der Waals surface area (Å²) in [6, 6.07) is 97.5. The van der Waals surface area contributed by atoms with Gasteiger partial charge >= 0.3 is 0 Å². The molecule has 0 spiro atoms. The summed E-state index contributed by atoms with van der Waals surface area (Å²) in [6.45, 7) is 4.70. The standard InChI is InChI=1S/C72H51N5/c1-72(2)64-33-15-12-31-60(64)62-46-63-61-32-14-17-35-67(61)77(68(63)47-65(62)72)58-29-19-28-55(45-58)71-74-69(52-24-10-5-11-25-52)73-70(75-71)54-27-18-26-53(44-54)59-30-13-16-34-66(59)76(56-40-36-50(37-41-56)48-20-6-3-7-21-48)57-42-38-51(39-43-57)49-22-8-4-9-23-49/h3-47H,1-2H3. The zero-order valence-electron chi connectivity index (χ0n) is 42.7. The Morgan fingerprint density at radius 1 is 0.312 bits per heavy atom. The van der Waals surface area contributed by atoms with Gasteiger partial charge in [-0.2, -0.15) is 0 Å². The van der Waals surface area contributed by atoms with Gasteiger partial charge in [0.25, 0.3) is 0 Å². The molecule has 2 heterocycles. The zero-order valence-corrected chi connectivity index (χ0v) is 42.7. The fourth-order valence-electron chi connectivity index (χ4n) is 11.6. The summed E-state index contributed by atoms with van der Waals surface area (Å²) >= 11 is 0. The van der Waals surface area contributed by atoms with Crippen LogP contribution in [0.4, 0.5) is 17.1 Å². The van der Waals surface area contributed by atoms with Gasteiger partial charge in [0, 0.05) is 55.5 Å². The minimum Gasteiger partial charge on any atom is -0.310 e. The molecule has 0 aliphatic heterocycles. The molecule has 0 radical (unpaired) electrons. The van der Waals surface area contributed by atoms with Gasteiger partial charge in [0.05, 0.1) is 16.7 Å². The summed E-state index contributed by atoms with van der Waals surface area (Å²) < 4.78 is 2.41. The molecule has 0 N–H and O–H groups in total. The fourth-order valence-corrected chi connectivity index (χ4v) is 11.6. The predicted molar refractivity (Wildman–Crippen MR) is 319 cm³/mol. The highest BCUT2D eigenvalue weighted by Crippen LogP contribution is 2.51. The van der Waals surface area contributed by atoms with Crippen molar-refractivity contribution in [1.29, 1.82) is 0 Å². The molecule has 14 rings (SSSR count). The third-order valence-corrected chi connectivity index (χ3v) is 15.4. The lowest BCUT2D eigenvalue weighted by Crippen LogP contribution is -2.14. The maximum Gasteiger partial charge on any atom is 0.164 e. The van der Waals surface area contributed by atoms with Crippen LogP contribution in [0.3, 0.4) is 0 Å². The SMILES string of the molecule is CC1(C)c2ccccc2-c2cc3c4ccccc4n(-c4cccc(-c5nc(-c6ccccc6)nc(-c6cccc(-c7ccccc7N(c7ccc(-c8ccccc8)cc7)c7ccc(-c8ccccc8)cc7)c6)n5)c4)c3cc21. The maximum absolute atomic E-state index is 5.35. The number of aromatic nitrogens is 4. The first-order chi connectivity index (χ1) is 37.9. The number of hydrogen-bond donors (Lipinski definition) is 0. The molecule has 0 unspecified atom stereocenters. The summed E-state index contributed by atoms with van der Waals surface area (Å²) in [7, 11) is 0. The highest BCUT2D eigenvalue weighted by atomic mass is 15.1. The van der Waals surface area contributed by atoms with Crippen molar-refractivity contribution < 1.29 is 0 Å². The summed E-state index contributed by atoms with van der Waals surface area (Å²) in [4.78, 5) is 18.2. The molecular formula is C72H51N5. The Hall–Kier alpha value is -9.97. The van der Waals surface area contributed by atoms with E-state index in [1.165, 1.54) is 60.8 Å². The average Bonchev–Trinajstić information content (AvgIpc) is 3.99. The molecule has 2 aromatic heterocycles. The van der Waals surface area contributed by atoms with Crippen LogP contribution in [0.1, 0.15) is 25.0 Å². The van der Waals surface area contributed by atoms with Crippen molar-refractivity contribution in [2.24, 2.45) is 0 Å². The van der Waals surface area contributed by atoms with E-state index in [1.54, 1.807) is 0 Å². The second-order valence-corrected chi connectivity index (χ2v) is 20.4. The van der Waals surface area contributed by atoms with Gasteiger partial charge in [-0.15, -0.1) is 0 Å². The number of para-hydroxylation sites is 2. The van der Waals surface area contributed by atoms with Gasteiger partial charge in [0.15, 0.2) is 17.5 Å². The number of rotatable bonds is 10. The number of benzene rings is 11. The minimum atomic E-state index is -0.138. The fraction of sp³-hybridized carbons (Fsp3) is 0.0417. The molecule has 0 atom stereocenters. The number of nitrogens with zero attached hydrogens (tertiary/aromatic N) is 5.